The van der Waals surface area contributed by atoms with Crippen molar-refractivity contribution in [1.82, 2.24) is 0 Å². The van der Waals surface area contributed by atoms with Gasteiger partial charge >= 0.3 is 30.2 Å². The second-order valence-corrected chi connectivity index (χ2v) is 16.8. The third-order valence-electron chi connectivity index (χ3n) is 9.48. The quantitative estimate of drug-likeness (QED) is 0.120. The van der Waals surface area contributed by atoms with Crippen LogP contribution >= 0.6 is 0 Å². The third kappa shape index (κ3) is 11.2. The van der Waals surface area contributed by atoms with Crippen molar-refractivity contribution >= 4 is 28.4 Å². The van der Waals surface area contributed by atoms with Crippen LogP contribution in [0.3, 0.4) is 0 Å². The van der Waals surface area contributed by atoms with E-state index in [9.17, 15) is 0 Å². The van der Waals surface area contributed by atoms with Crippen molar-refractivity contribution in [2.24, 2.45) is 11.8 Å². The molecule has 6 aromatic rings. The average molecular weight is 857 g/mol. The van der Waals surface area contributed by atoms with Gasteiger partial charge in [-0.1, -0.05) is 130 Å². The predicted molar refractivity (Wildman–Crippen MR) is 223 cm³/mol. The van der Waals surface area contributed by atoms with Crippen molar-refractivity contribution < 1.29 is 57.6 Å². The maximum absolute atomic E-state index is 5.96. The molecule has 0 unspecified atom stereocenters. The van der Waals surface area contributed by atoms with Crippen LogP contribution in [-0.2, 0) is 47.0 Å². The normalized spacial score (nSPS) is 11.3. The summed E-state index contributed by atoms with van der Waals surface area (Å²) in [6.07, 6.45) is 2.21. The van der Waals surface area contributed by atoms with Crippen molar-refractivity contribution in [3.63, 3.8) is 0 Å². The van der Waals surface area contributed by atoms with E-state index >= 15 is 0 Å². The fraction of sp³-hybridized carbons (Fsp3) is 0.375. The van der Waals surface area contributed by atoms with Gasteiger partial charge in [-0.3, -0.25) is 0 Å². The Hall–Kier alpha value is -2.62. The molecule has 0 fully saturated rings. The van der Waals surface area contributed by atoms with Gasteiger partial charge in [0.15, 0.2) is 0 Å². The van der Waals surface area contributed by atoms with Gasteiger partial charge in [-0.15, -0.1) is 56.9 Å². The first-order valence-electron chi connectivity index (χ1n) is 18.6. The molecular formula is C48H58Cl2O2SiZr-2. The average Bonchev–Trinajstić information content (AvgIpc) is 3.69. The molecule has 0 aliphatic heterocycles. The number of benzene rings is 4. The summed E-state index contributed by atoms with van der Waals surface area (Å²) in [5, 5.41) is 5.24. The van der Waals surface area contributed by atoms with E-state index in [-0.39, 0.29) is 35.6 Å². The Kier molecular flexibility index (Phi) is 18.1. The summed E-state index contributed by atoms with van der Waals surface area (Å²) in [7, 11) is 3.58. The Morgan fingerprint density at radius 1 is 0.556 bits per heavy atom. The van der Waals surface area contributed by atoms with E-state index in [0.717, 1.165) is 24.3 Å². The molecule has 0 aliphatic rings. The zero-order valence-electron chi connectivity index (χ0n) is 34.4. The fourth-order valence-corrected chi connectivity index (χ4v) is 7.30. The predicted octanol–water partition coefficient (Wildman–Crippen LogP) is 7.09. The molecule has 6 rings (SSSR count). The van der Waals surface area contributed by atoms with Crippen molar-refractivity contribution in [2.75, 3.05) is 14.2 Å². The molecule has 0 bridgehead atoms. The number of hydrogen-bond donors (Lipinski definition) is 0. The van der Waals surface area contributed by atoms with E-state index in [2.05, 4.69) is 173 Å². The third-order valence-corrected chi connectivity index (χ3v) is 9.48. The van der Waals surface area contributed by atoms with E-state index in [1.165, 1.54) is 89.4 Å². The van der Waals surface area contributed by atoms with Gasteiger partial charge in [0.25, 0.3) is 0 Å². The van der Waals surface area contributed by atoms with Crippen molar-refractivity contribution in [2.45, 2.75) is 92.9 Å². The summed E-state index contributed by atoms with van der Waals surface area (Å²) in [6.45, 7) is 25.7. The van der Waals surface area contributed by atoms with Gasteiger partial charge in [0.2, 0.25) is 0 Å². The molecule has 0 aromatic heterocycles. The van der Waals surface area contributed by atoms with Crippen molar-refractivity contribution in [3.05, 3.63) is 119 Å². The number of methoxy groups -OCH3 is 2. The van der Waals surface area contributed by atoms with Crippen LogP contribution in [0.1, 0.15) is 91.5 Å². The van der Waals surface area contributed by atoms with Crippen LogP contribution in [-0.4, -0.2) is 21.1 Å². The zero-order chi connectivity index (χ0) is 38.4. The van der Waals surface area contributed by atoms with E-state index in [1.54, 1.807) is 14.2 Å². The van der Waals surface area contributed by atoms with Crippen LogP contribution in [0.2, 0.25) is 0 Å². The van der Waals surface area contributed by atoms with E-state index < -0.39 is 0 Å². The van der Waals surface area contributed by atoms with Gasteiger partial charge in [-0.2, -0.15) is 12.1 Å². The Morgan fingerprint density at radius 2 is 0.870 bits per heavy atom. The molecule has 54 heavy (non-hydrogen) atoms. The Labute approximate surface area is 355 Å². The molecule has 0 saturated heterocycles. The molecular weight excluding hydrogens is 799 g/mol. The molecule has 2 radical (unpaired) electrons. The standard InChI is InChI=1S/2C24H29O.2ClH.Si.Zr/c2*1-16(2)12-17-13-19-15-21(24(3,4)5)23(25-6)22(20(19)14-17)18-10-8-7-9-11-18;;;;/h2*7-11,13-16H,12H2,1-6H3;2*1H;;/q2*-1;;;;+2/p-2. The minimum atomic E-state index is 0. The molecule has 6 heteroatoms. The van der Waals surface area contributed by atoms with E-state index in [4.69, 9.17) is 9.47 Å². The first-order valence-corrected chi connectivity index (χ1v) is 22.8. The van der Waals surface area contributed by atoms with Crippen LogP contribution in [0.25, 0.3) is 43.8 Å². The van der Waals surface area contributed by atoms with Gasteiger partial charge in [0.05, 0.1) is 14.2 Å². The van der Waals surface area contributed by atoms with E-state index in [1.807, 2.05) is 0 Å². The molecule has 286 valence electrons. The molecule has 0 heterocycles. The summed E-state index contributed by atoms with van der Waals surface area (Å²) in [5.41, 5.74) is 10.3. The molecule has 0 aliphatic carbocycles. The molecule has 0 saturated carbocycles. The molecule has 0 spiro atoms. The van der Waals surface area contributed by atoms with Crippen molar-refractivity contribution in [1.29, 1.82) is 0 Å². The number of fused-ring (bicyclic) bond motifs is 2. The van der Waals surface area contributed by atoms with Crippen LogP contribution in [0.4, 0.5) is 0 Å². The summed E-state index contributed by atoms with van der Waals surface area (Å²) in [4.78, 5) is 0. The summed E-state index contributed by atoms with van der Waals surface area (Å²) < 4.78 is 11.9. The molecule has 0 atom stereocenters. The maximum atomic E-state index is 5.96. The first-order chi connectivity index (χ1) is 24.6. The Bertz CT molecular complexity index is 1910. The Morgan fingerprint density at radius 3 is 1.13 bits per heavy atom. The molecule has 0 N–H and O–H groups in total. The summed E-state index contributed by atoms with van der Waals surface area (Å²) in [6, 6.07) is 35.3. The minimum absolute atomic E-state index is 0. The van der Waals surface area contributed by atoms with Gasteiger partial charge in [-0.25, -0.2) is 0 Å². The topological polar surface area (TPSA) is 18.5 Å². The van der Waals surface area contributed by atoms with Crippen LogP contribution < -0.4 is 34.3 Å². The fourth-order valence-electron chi connectivity index (χ4n) is 7.30. The van der Waals surface area contributed by atoms with Gasteiger partial charge < -0.3 is 34.3 Å². The van der Waals surface area contributed by atoms with Gasteiger partial charge in [0.1, 0.15) is 11.5 Å². The number of hydrogen-bond acceptors (Lipinski definition) is 2. The van der Waals surface area contributed by atoms with Crippen LogP contribution in [0.5, 0.6) is 11.5 Å². The van der Waals surface area contributed by atoms with E-state index in [0.29, 0.717) is 11.8 Å². The number of halogens is 2. The van der Waals surface area contributed by atoms with Gasteiger partial charge in [0, 0.05) is 0 Å². The molecule has 0 amide bonds. The van der Waals surface area contributed by atoms with Crippen LogP contribution in [0.15, 0.2) is 97.1 Å². The first kappa shape index (κ1) is 47.5. The van der Waals surface area contributed by atoms with Gasteiger partial charge in [-0.05, 0) is 68.9 Å². The number of ether oxygens (including phenoxy) is 2. The Balaban J connectivity index is 0.000000345. The summed E-state index contributed by atoms with van der Waals surface area (Å²) in [5.74, 6) is 3.32. The van der Waals surface area contributed by atoms with Crippen molar-refractivity contribution in [3.8, 4) is 33.8 Å². The summed E-state index contributed by atoms with van der Waals surface area (Å²) >= 11 is 1.36. The second kappa shape index (κ2) is 20.5. The zero-order valence-corrected chi connectivity index (χ0v) is 39.3. The SMILES string of the molecule is COc1c(C(C)(C)C)cc2[cH-]c(CC(C)C)cc2c1-c1ccccc1.COc1c(C(C)(C)C)cc2[cH-]c(CC(C)C)cc2c1-c1ccccc1.[Cl-].[Cl-].[Si]=[Zr+2]. The second-order valence-electron chi connectivity index (χ2n) is 16.8. The number of rotatable bonds is 8. The van der Waals surface area contributed by atoms with Crippen LogP contribution in [0, 0.1) is 11.8 Å². The molecule has 6 aromatic carbocycles. The monoisotopic (exact) mass is 854 g/mol. The molecule has 2 nitrogen and oxygen atoms in total.